The second kappa shape index (κ2) is 7.48. The summed E-state index contributed by atoms with van der Waals surface area (Å²) in [5, 5.41) is 2.59. The molecule has 9 nitrogen and oxygen atoms in total. The molecule has 2 unspecified atom stereocenters. The third-order valence-corrected chi connectivity index (χ3v) is 4.96. The largest absolute Gasteiger partial charge is 0.477 e. The van der Waals surface area contributed by atoms with Crippen molar-refractivity contribution < 1.29 is 27.8 Å². The fourth-order valence-electron chi connectivity index (χ4n) is 3.46. The SMILES string of the molecule is CCOc1cnc(C(=O)Nc2ccc(F)c(C34COCC3(F)COC(N)=N4)c2)cn1. The molecule has 2 aliphatic heterocycles. The van der Waals surface area contributed by atoms with Crippen LogP contribution in [0, 0.1) is 5.82 Å². The Bertz CT molecular complexity index is 1000. The van der Waals surface area contributed by atoms with Crippen molar-refractivity contribution in [3.63, 3.8) is 0 Å². The van der Waals surface area contributed by atoms with Crippen LogP contribution in [0.4, 0.5) is 14.5 Å². The summed E-state index contributed by atoms with van der Waals surface area (Å²) in [4.78, 5) is 24.5. The van der Waals surface area contributed by atoms with Gasteiger partial charge in [-0.25, -0.2) is 23.7 Å². The summed E-state index contributed by atoms with van der Waals surface area (Å²) in [5.74, 6) is -1.00. The Kier molecular flexibility index (Phi) is 4.98. The molecule has 3 N–H and O–H groups in total. The number of rotatable bonds is 5. The zero-order valence-corrected chi connectivity index (χ0v) is 16.0. The Morgan fingerprint density at radius 2 is 2.13 bits per heavy atom. The molecule has 0 spiro atoms. The van der Waals surface area contributed by atoms with Gasteiger partial charge in [0, 0.05) is 11.3 Å². The van der Waals surface area contributed by atoms with Crippen LogP contribution in [0.1, 0.15) is 23.0 Å². The molecule has 0 bridgehead atoms. The van der Waals surface area contributed by atoms with Crippen molar-refractivity contribution in [2.75, 3.05) is 31.7 Å². The van der Waals surface area contributed by atoms with Gasteiger partial charge in [-0.3, -0.25) is 4.79 Å². The number of carbonyl (C=O) groups excluding carboxylic acids is 1. The number of ether oxygens (including phenoxy) is 3. The smallest absolute Gasteiger partial charge is 0.283 e. The molecule has 0 saturated carbocycles. The van der Waals surface area contributed by atoms with Crippen LogP contribution in [0.15, 0.2) is 35.6 Å². The van der Waals surface area contributed by atoms with Crippen molar-refractivity contribution in [1.82, 2.24) is 9.97 Å². The maximum absolute atomic E-state index is 15.5. The van der Waals surface area contributed by atoms with E-state index >= 15 is 4.39 Å². The van der Waals surface area contributed by atoms with Crippen molar-refractivity contribution in [2.24, 2.45) is 10.7 Å². The quantitative estimate of drug-likeness (QED) is 0.754. The molecular formula is C19H19F2N5O4. The molecule has 158 valence electrons. The number of fused-ring (bicyclic) bond motifs is 1. The van der Waals surface area contributed by atoms with Crippen LogP contribution in [0.5, 0.6) is 5.88 Å². The van der Waals surface area contributed by atoms with Gasteiger partial charge in [-0.1, -0.05) is 0 Å². The van der Waals surface area contributed by atoms with Crippen LogP contribution in [0.2, 0.25) is 0 Å². The molecule has 2 aromatic rings. The number of carbonyl (C=O) groups is 1. The summed E-state index contributed by atoms with van der Waals surface area (Å²) in [6.07, 6.45) is 2.57. The molecule has 2 aliphatic rings. The first-order chi connectivity index (χ1) is 14.4. The van der Waals surface area contributed by atoms with Gasteiger partial charge in [0.05, 0.1) is 32.2 Å². The van der Waals surface area contributed by atoms with Crippen molar-refractivity contribution >= 4 is 17.6 Å². The molecule has 30 heavy (non-hydrogen) atoms. The predicted octanol–water partition coefficient (Wildman–Crippen LogP) is 1.55. The van der Waals surface area contributed by atoms with Crippen LogP contribution >= 0.6 is 0 Å². The highest BCUT2D eigenvalue weighted by Crippen LogP contribution is 2.48. The van der Waals surface area contributed by atoms with E-state index in [1.807, 2.05) is 0 Å². The number of aliphatic imine (C=N–C) groups is 1. The molecule has 4 rings (SSSR count). The number of aromatic nitrogens is 2. The Morgan fingerprint density at radius 3 is 2.87 bits per heavy atom. The van der Waals surface area contributed by atoms with E-state index in [0.29, 0.717) is 6.61 Å². The lowest BCUT2D eigenvalue weighted by Gasteiger charge is -2.38. The number of amidine groups is 1. The molecule has 11 heteroatoms. The summed E-state index contributed by atoms with van der Waals surface area (Å²) < 4.78 is 45.7. The second-order valence-electron chi connectivity index (χ2n) is 6.88. The van der Waals surface area contributed by atoms with Crippen molar-refractivity contribution in [3.8, 4) is 5.88 Å². The van der Waals surface area contributed by atoms with Crippen molar-refractivity contribution in [2.45, 2.75) is 18.1 Å². The van der Waals surface area contributed by atoms with Gasteiger partial charge in [0.15, 0.2) is 11.2 Å². The number of benzene rings is 1. The summed E-state index contributed by atoms with van der Waals surface area (Å²) in [6, 6.07) is 3.51. The molecule has 1 aromatic carbocycles. The molecule has 1 saturated heterocycles. The molecule has 1 amide bonds. The predicted molar refractivity (Wildman–Crippen MR) is 101 cm³/mol. The van der Waals surface area contributed by atoms with Gasteiger partial charge in [0.2, 0.25) is 5.88 Å². The monoisotopic (exact) mass is 419 g/mol. The highest BCUT2D eigenvalue weighted by molar-refractivity contribution is 6.02. The van der Waals surface area contributed by atoms with Crippen LogP contribution in [0.25, 0.3) is 0 Å². The van der Waals surface area contributed by atoms with Crippen molar-refractivity contribution in [1.29, 1.82) is 0 Å². The first-order valence-electron chi connectivity index (χ1n) is 9.18. The topological polar surface area (TPSA) is 121 Å². The lowest BCUT2D eigenvalue weighted by Crippen LogP contribution is -2.55. The standard InChI is InChI=1S/C19H19F2N5O4/c1-2-29-15-7-23-14(6-24-15)16(27)25-11-3-4-13(20)12(5-11)19-10-28-8-18(19,21)9-30-17(22)26-19/h3-7H,2,8-10H2,1H3,(H2,22,26)(H,25,27). The second-order valence-corrected chi connectivity index (χ2v) is 6.88. The van der Waals surface area contributed by atoms with Gasteiger partial charge in [0.1, 0.15) is 18.1 Å². The lowest BCUT2D eigenvalue weighted by atomic mass is 9.78. The number of hydrogen-bond donors (Lipinski definition) is 2. The molecular weight excluding hydrogens is 400 g/mol. The third-order valence-electron chi connectivity index (χ3n) is 4.96. The van der Waals surface area contributed by atoms with Crippen LogP contribution in [0.3, 0.4) is 0 Å². The number of nitrogens with two attached hydrogens (primary N) is 1. The highest BCUT2D eigenvalue weighted by atomic mass is 19.1. The molecule has 1 fully saturated rings. The molecule has 2 atom stereocenters. The molecule has 3 heterocycles. The maximum atomic E-state index is 15.5. The zero-order chi connectivity index (χ0) is 21.4. The van der Waals surface area contributed by atoms with Crippen LogP contribution in [-0.2, 0) is 15.0 Å². The molecule has 1 aromatic heterocycles. The first kappa shape index (κ1) is 20.0. The number of anilines is 1. The van der Waals surface area contributed by atoms with Gasteiger partial charge in [0.25, 0.3) is 11.9 Å². The van der Waals surface area contributed by atoms with E-state index in [0.717, 1.165) is 6.07 Å². The first-order valence-corrected chi connectivity index (χ1v) is 9.18. The Hall–Kier alpha value is -3.34. The number of nitrogens with one attached hydrogen (secondary N) is 1. The minimum atomic E-state index is -2.10. The van der Waals surface area contributed by atoms with E-state index < -0.39 is 29.5 Å². The number of alkyl halides is 1. The summed E-state index contributed by atoms with van der Waals surface area (Å²) >= 11 is 0. The van der Waals surface area contributed by atoms with E-state index in [2.05, 4.69) is 20.3 Å². The van der Waals surface area contributed by atoms with Gasteiger partial charge in [-0.2, -0.15) is 0 Å². The Labute approximate surface area is 170 Å². The Morgan fingerprint density at radius 1 is 1.30 bits per heavy atom. The maximum Gasteiger partial charge on any atom is 0.283 e. The van der Waals surface area contributed by atoms with E-state index in [1.165, 1.54) is 24.5 Å². The van der Waals surface area contributed by atoms with Gasteiger partial charge in [-0.05, 0) is 25.1 Å². The Balaban J connectivity index is 1.64. The average Bonchev–Trinajstić information content (AvgIpc) is 3.07. The normalized spacial score (nSPS) is 25.1. The fourth-order valence-corrected chi connectivity index (χ4v) is 3.46. The van der Waals surface area contributed by atoms with Gasteiger partial charge >= 0.3 is 0 Å². The minimum Gasteiger partial charge on any atom is -0.477 e. The van der Waals surface area contributed by atoms with E-state index in [-0.39, 0.29) is 42.1 Å². The third kappa shape index (κ3) is 3.30. The number of nitrogens with zero attached hydrogens (tertiary/aromatic N) is 3. The number of hydrogen-bond acceptors (Lipinski definition) is 8. The fraction of sp³-hybridized carbons (Fsp3) is 0.368. The highest BCUT2D eigenvalue weighted by Gasteiger charge is 2.62. The zero-order valence-electron chi connectivity index (χ0n) is 16.0. The summed E-state index contributed by atoms with van der Waals surface area (Å²) in [5.41, 5.74) is 1.98. The summed E-state index contributed by atoms with van der Waals surface area (Å²) in [7, 11) is 0. The van der Waals surface area contributed by atoms with E-state index in [4.69, 9.17) is 19.9 Å². The average molecular weight is 419 g/mol. The van der Waals surface area contributed by atoms with E-state index in [1.54, 1.807) is 6.92 Å². The van der Waals surface area contributed by atoms with Gasteiger partial charge in [-0.15, -0.1) is 0 Å². The molecule has 0 aliphatic carbocycles. The minimum absolute atomic E-state index is 0.0276. The molecule has 0 radical (unpaired) electrons. The van der Waals surface area contributed by atoms with Crippen LogP contribution in [-0.4, -0.2) is 54.0 Å². The van der Waals surface area contributed by atoms with Gasteiger partial charge < -0.3 is 25.3 Å². The number of halogens is 2. The van der Waals surface area contributed by atoms with Crippen molar-refractivity contribution in [3.05, 3.63) is 47.7 Å². The van der Waals surface area contributed by atoms with E-state index in [9.17, 15) is 9.18 Å². The summed E-state index contributed by atoms with van der Waals surface area (Å²) in [6.45, 7) is 1.26. The lowest BCUT2D eigenvalue weighted by molar-refractivity contribution is 0.00905. The number of amides is 1. The van der Waals surface area contributed by atoms with Crippen LogP contribution < -0.4 is 15.8 Å².